The SMILES string of the molecule is C=C(OB([C@@H]1C[C@H]2C[C@H]([C@H]1C)C2(C)C)[C@@H]1C[C@H]2C[C@H]([C@H]1C)C2(C)C)C(C)CO[Si](C(C)C)(C(C)C)C(C)C. The van der Waals surface area contributed by atoms with Gasteiger partial charge in [0.2, 0.25) is 0 Å². The van der Waals surface area contributed by atoms with Crippen molar-refractivity contribution in [1.29, 1.82) is 0 Å². The summed E-state index contributed by atoms with van der Waals surface area (Å²) >= 11 is 0. The van der Waals surface area contributed by atoms with Gasteiger partial charge < -0.3 is 9.08 Å². The summed E-state index contributed by atoms with van der Waals surface area (Å²) in [5.74, 6) is 7.47. The minimum Gasteiger partial charge on any atom is -0.563 e. The molecule has 6 saturated carbocycles. The molecule has 0 aromatic carbocycles. The third-order valence-electron chi connectivity index (χ3n) is 13.8. The molecule has 4 heteroatoms. The van der Waals surface area contributed by atoms with E-state index in [2.05, 4.69) is 96.6 Å². The summed E-state index contributed by atoms with van der Waals surface area (Å²) < 4.78 is 14.2. The lowest BCUT2D eigenvalue weighted by Gasteiger charge is -2.65. The maximum Gasteiger partial charge on any atom is 0.364 e. The molecule has 38 heavy (non-hydrogen) atoms. The van der Waals surface area contributed by atoms with Gasteiger partial charge in [0.1, 0.15) is 0 Å². The molecule has 4 bridgehead atoms. The van der Waals surface area contributed by atoms with E-state index in [4.69, 9.17) is 9.08 Å². The maximum atomic E-state index is 7.19. The van der Waals surface area contributed by atoms with Crippen LogP contribution in [0.15, 0.2) is 12.3 Å². The third-order valence-corrected chi connectivity index (χ3v) is 19.9. The lowest BCUT2D eigenvalue weighted by molar-refractivity contribution is -0.110. The third kappa shape index (κ3) is 4.72. The summed E-state index contributed by atoms with van der Waals surface area (Å²) in [5, 5.41) is 0. The minimum atomic E-state index is -1.90. The molecular formula is C34H63BO2Si. The highest BCUT2D eigenvalue weighted by Crippen LogP contribution is 2.69. The van der Waals surface area contributed by atoms with Crippen molar-refractivity contribution in [3.63, 3.8) is 0 Å². The number of hydrogen-bond donors (Lipinski definition) is 0. The van der Waals surface area contributed by atoms with Gasteiger partial charge in [0, 0.05) is 12.5 Å². The van der Waals surface area contributed by atoms with Gasteiger partial charge in [-0.2, -0.15) is 0 Å². The quantitative estimate of drug-likeness (QED) is 0.191. The van der Waals surface area contributed by atoms with E-state index in [1.807, 2.05) is 0 Å². The van der Waals surface area contributed by atoms with Crippen molar-refractivity contribution in [2.75, 3.05) is 6.61 Å². The van der Waals surface area contributed by atoms with E-state index in [1.54, 1.807) is 0 Å². The van der Waals surface area contributed by atoms with E-state index >= 15 is 0 Å². The van der Waals surface area contributed by atoms with Crippen molar-refractivity contribution >= 4 is 15.2 Å². The molecule has 6 fully saturated rings. The fourth-order valence-corrected chi connectivity index (χ4v) is 16.4. The van der Waals surface area contributed by atoms with Crippen LogP contribution in [0, 0.1) is 52.3 Å². The van der Waals surface area contributed by atoms with Crippen molar-refractivity contribution in [3.05, 3.63) is 12.3 Å². The van der Waals surface area contributed by atoms with Crippen LogP contribution >= 0.6 is 0 Å². The second-order valence-corrected chi connectivity index (χ2v) is 22.3. The largest absolute Gasteiger partial charge is 0.563 e. The van der Waals surface area contributed by atoms with E-state index in [0.717, 1.165) is 47.9 Å². The van der Waals surface area contributed by atoms with Gasteiger partial charge >= 0.3 is 6.92 Å². The smallest absolute Gasteiger partial charge is 0.364 e. The first-order valence-corrected chi connectivity index (χ1v) is 18.6. The van der Waals surface area contributed by atoms with Crippen molar-refractivity contribution in [2.45, 2.75) is 144 Å². The Kier molecular flexibility index (Phi) is 8.54. The Balaban J connectivity index is 1.52. The zero-order valence-corrected chi connectivity index (χ0v) is 28.6. The summed E-state index contributed by atoms with van der Waals surface area (Å²) in [4.78, 5) is 0. The molecule has 6 rings (SSSR count). The summed E-state index contributed by atoms with van der Waals surface area (Å²) in [6, 6.07) is 0. The topological polar surface area (TPSA) is 18.5 Å². The molecule has 0 heterocycles. The Hall–Kier alpha value is -0.218. The summed E-state index contributed by atoms with van der Waals surface area (Å²) in [7, 11) is -1.90. The van der Waals surface area contributed by atoms with Gasteiger partial charge in [0.25, 0.3) is 0 Å². The first kappa shape index (κ1) is 30.7. The monoisotopic (exact) mass is 542 g/mol. The van der Waals surface area contributed by atoms with Crippen LogP contribution in [0.2, 0.25) is 28.3 Å². The van der Waals surface area contributed by atoms with E-state index < -0.39 is 8.32 Å². The normalized spacial score (nSPS) is 38.0. The van der Waals surface area contributed by atoms with Crippen molar-refractivity contribution in [1.82, 2.24) is 0 Å². The predicted molar refractivity (Wildman–Crippen MR) is 168 cm³/mol. The zero-order valence-electron chi connectivity index (χ0n) is 27.6. The summed E-state index contributed by atoms with van der Waals surface area (Å²) in [5.41, 5.74) is 2.84. The molecule has 1 unspecified atom stereocenters. The molecule has 0 radical (unpaired) electrons. The van der Waals surface area contributed by atoms with Crippen LogP contribution in [-0.4, -0.2) is 21.8 Å². The van der Waals surface area contributed by atoms with Crippen LogP contribution in [0.25, 0.3) is 0 Å². The standard InChI is InChI=1S/C34H63BO2Si/c1-20(2)38(21(3)4,22(5)6)36-19-23(7)26(10)37-35(31-17-27-15-29(24(31)8)33(27,11)12)32-18-28-16-30(25(32)9)34(28,13)14/h20-25,27-32H,10,15-19H2,1-9,11-14H3/t23?,24-,25-,27-,28-,29-,30-,31-,32-/m1/s1. The Morgan fingerprint density at radius 1 is 0.763 bits per heavy atom. The average Bonchev–Trinajstić information content (AvgIpc) is 2.81. The van der Waals surface area contributed by atoms with Gasteiger partial charge in [-0.15, -0.1) is 0 Å². The van der Waals surface area contributed by atoms with Crippen LogP contribution in [-0.2, 0) is 9.08 Å². The van der Waals surface area contributed by atoms with Crippen LogP contribution in [0.4, 0.5) is 0 Å². The average molecular weight is 543 g/mol. The first-order valence-electron chi connectivity index (χ1n) is 16.5. The van der Waals surface area contributed by atoms with Crippen LogP contribution in [0.5, 0.6) is 0 Å². The molecule has 6 aliphatic carbocycles. The van der Waals surface area contributed by atoms with E-state index in [1.165, 1.54) is 25.7 Å². The Labute approximate surface area is 239 Å². The second kappa shape index (κ2) is 10.6. The zero-order chi connectivity index (χ0) is 28.5. The van der Waals surface area contributed by atoms with Crippen LogP contribution < -0.4 is 0 Å². The van der Waals surface area contributed by atoms with E-state index in [9.17, 15) is 0 Å². The predicted octanol–water partition coefficient (Wildman–Crippen LogP) is 10.5. The molecule has 0 N–H and O–H groups in total. The molecule has 0 spiro atoms. The van der Waals surface area contributed by atoms with Crippen molar-refractivity contribution < 1.29 is 9.08 Å². The van der Waals surface area contributed by atoms with Crippen LogP contribution in [0.3, 0.4) is 0 Å². The highest BCUT2D eigenvalue weighted by Gasteiger charge is 2.64. The van der Waals surface area contributed by atoms with Crippen molar-refractivity contribution in [3.8, 4) is 0 Å². The minimum absolute atomic E-state index is 0.232. The van der Waals surface area contributed by atoms with Gasteiger partial charge in [-0.25, -0.2) is 0 Å². The molecule has 0 aromatic heterocycles. The Bertz CT molecular complexity index is 799. The molecule has 0 amide bonds. The number of hydrogen-bond acceptors (Lipinski definition) is 2. The molecule has 0 aliphatic heterocycles. The molecule has 9 atom stereocenters. The van der Waals surface area contributed by atoms with E-state index in [0.29, 0.717) is 46.0 Å². The van der Waals surface area contributed by atoms with Crippen LogP contribution in [0.1, 0.15) is 116 Å². The Morgan fingerprint density at radius 2 is 1.16 bits per heavy atom. The highest BCUT2D eigenvalue weighted by atomic mass is 28.4. The van der Waals surface area contributed by atoms with Gasteiger partial charge in [0.15, 0.2) is 8.32 Å². The molecular weight excluding hydrogens is 479 g/mol. The molecule has 6 aliphatic rings. The van der Waals surface area contributed by atoms with Gasteiger partial charge in [-0.3, -0.25) is 0 Å². The van der Waals surface area contributed by atoms with Gasteiger partial charge in [-0.05, 0) is 100 Å². The molecule has 0 aromatic rings. The first-order chi connectivity index (χ1) is 17.5. The van der Waals surface area contributed by atoms with Crippen molar-refractivity contribution in [2.24, 2.45) is 52.3 Å². The highest BCUT2D eigenvalue weighted by molar-refractivity contribution is 6.77. The summed E-state index contributed by atoms with van der Waals surface area (Å²) in [6.07, 6.45) is 5.57. The number of rotatable bonds is 11. The lowest BCUT2D eigenvalue weighted by Crippen LogP contribution is -2.60. The number of fused-ring (bicyclic) bond motifs is 4. The van der Waals surface area contributed by atoms with Gasteiger partial charge in [0.05, 0.1) is 5.76 Å². The second-order valence-electron chi connectivity index (χ2n) is 16.8. The fourth-order valence-electron chi connectivity index (χ4n) is 10.9. The molecule has 0 saturated heterocycles. The van der Waals surface area contributed by atoms with E-state index in [-0.39, 0.29) is 5.92 Å². The fraction of sp³-hybridized carbons (Fsp3) is 0.941. The lowest BCUT2D eigenvalue weighted by atomic mass is 9.27. The molecule has 2 nitrogen and oxygen atoms in total. The summed E-state index contributed by atoms with van der Waals surface area (Å²) in [6.45, 7) is 37.5. The maximum absolute atomic E-state index is 7.19. The van der Waals surface area contributed by atoms with Gasteiger partial charge in [-0.1, -0.05) is 96.6 Å². The Morgan fingerprint density at radius 3 is 1.47 bits per heavy atom. The molecule has 218 valence electrons.